The molecule has 1 aromatic carbocycles. The normalized spacial score (nSPS) is 12.9. The molecule has 2 N–H and O–H groups in total. The molecule has 1 heterocycles. The van der Waals surface area contributed by atoms with E-state index in [4.69, 9.17) is 14.9 Å². The Kier molecular flexibility index (Phi) is 5.28. The summed E-state index contributed by atoms with van der Waals surface area (Å²) in [6, 6.07) is 4.56. The average molecular weight is 345 g/mol. The summed E-state index contributed by atoms with van der Waals surface area (Å²) in [5.41, 5.74) is 4.35. The molecule has 24 heavy (non-hydrogen) atoms. The Labute approximate surface area is 135 Å². The summed E-state index contributed by atoms with van der Waals surface area (Å²) >= 11 is 0. The van der Waals surface area contributed by atoms with Gasteiger partial charge in [-0.3, -0.25) is 4.79 Å². The topological polar surface area (TPSA) is 65.5 Å². The lowest BCUT2D eigenvalue weighted by atomic mass is 10.1. The highest BCUT2D eigenvalue weighted by Gasteiger charge is 2.34. The number of carbonyl (C=O) groups excluding carboxylic acids is 1. The maximum atomic E-state index is 13.3. The van der Waals surface area contributed by atoms with Crippen LogP contribution in [0.4, 0.5) is 17.6 Å². The minimum absolute atomic E-state index is 0.0339. The van der Waals surface area contributed by atoms with Gasteiger partial charge in [0.15, 0.2) is 0 Å². The van der Waals surface area contributed by atoms with Crippen molar-refractivity contribution in [2.45, 2.75) is 25.6 Å². The second-order valence-electron chi connectivity index (χ2n) is 5.02. The maximum Gasteiger partial charge on any atom is 0.419 e. The summed E-state index contributed by atoms with van der Waals surface area (Å²) in [5, 5.41) is 0. The van der Waals surface area contributed by atoms with Crippen molar-refractivity contribution < 1.29 is 31.5 Å². The Morgan fingerprint density at radius 2 is 2.00 bits per heavy atom. The molecule has 2 aromatic rings. The highest BCUT2D eigenvalue weighted by molar-refractivity contribution is 5.75. The van der Waals surface area contributed by atoms with E-state index in [1.807, 2.05) is 0 Å². The fraction of sp³-hybridized carbons (Fsp3) is 0.312. The van der Waals surface area contributed by atoms with Gasteiger partial charge in [0.1, 0.15) is 23.4 Å². The van der Waals surface area contributed by atoms with Crippen molar-refractivity contribution in [2.75, 3.05) is 6.61 Å². The third-order valence-electron chi connectivity index (χ3n) is 3.23. The Morgan fingerprint density at radius 3 is 2.62 bits per heavy atom. The summed E-state index contributed by atoms with van der Waals surface area (Å²) in [4.78, 5) is 11.5. The molecule has 0 spiro atoms. The molecule has 0 aliphatic carbocycles. The van der Waals surface area contributed by atoms with Gasteiger partial charge < -0.3 is 14.9 Å². The number of nitrogens with two attached hydrogens (primary N) is 1. The number of ether oxygens (including phenoxy) is 1. The molecule has 1 atom stereocenters. The molecule has 0 saturated carbocycles. The van der Waals surface area contributed by atoms with Gasteiger partial charge in [0.2, 0.25) is 0 Å². The zero-order chi connectivity index (χ0) is 17.9. The molecule has 1 aromatic heterocycles. The molecule has 0 aliphatic heterocycles. The van der Waals surface area contributed by atoms with Crippen LogP contribution in [0, 0.1) is 5.82 Å². The smallest absolute Gasteiger partial charge is 0.419 e. The van der Waals surface area contributed by atoms with Crippen LogP contribution in [0.2, 0.25) is 0 Å². The van der Waals surface area contributed by atoms with E-state index in [2.05, 4.69) is 0 Å². The molecule has 130 valence electrons. The first-order valence-electron chi connectivity index (χ1n) is 7.10. The van der Waals surface area contributed by atoms with Crippen LogP contribution in [0.25, 0.3) is 11.3 Å². The van der Waals surface area contributed by atoms with E-state index in [0.717, 1.165) is 6.07 Å². The Morgan fingerprint density at radius 1 is 1.29 bits per heavy atom. The number of esters is 1. The summed E-state index contributed by atoms with van der Waals surface area (Å²) < 4.78 is 61.7. The fourth-order valence-corrected chi connectivity index (χ4v) is 2.09. The lowest BCUT2D eigenvalue weighted by Gasteiger charge is -2.09. The van der Waals surface area contributed by atoms with Crippen molar-refractivity contribution in [3.05, 3.63) is 47.5 Å². The van der Waals surface area contributed by atoms with Gasteiger partial charge in [-0.15, -0.1) is 0 Å². The number of furan rings is 1. The van der Waals surface area contributed by atoms with Gasteiger partial charge in [-0.05, 0) is 37.3 Å². The number of rotatable bonds is 5. The zero-order valence-corrected chi connectivity index (χ0v) is 12.7. The molecule has 0 saturated heterocycles. The first-order valence-corrected chi connectivity index (χ1v) is 7.10. The summed E-state index contributed by atoms with van der Waals surface area (Å²) in [6.45, 7) is 1.83. The van der Waals surface area contributed by atoms with Crippen molar-refractivity contribution in [2.24, 2.45) is 5.73 Å². The number of hydrogen-bond donors (Lipinski definition) is 1. The second kappa shape index (κ2) is 7.04. The first-order chi connectivity index (χ1) is 11.2. The van der Waals surface area contributed by atoms with Crippen molar-refractivity contribution >= 4 is 5.97 Å². The van der Waals surface area contributed by atoms with Crippen molar-refractivity contribution in [3.8, 4) is 11.3 Å². The van der Waals surface area contributed by atoms with Gasteiger partial charge in [-0.25, -0.2) is 4.39 Å². The van der Waals surface area contributed by atoms with Crippen LogP contribution in [-0.2, 0) is 22.1 Å². The highest BCUT2D eigenvalue weighted by Crippen LogP contribution is 2.34. The zero-order valence-electron chi connectivity index (χ0n) is 12.7. The molecule has 1 unspecified atom stereocenters. The fourth-order valence-electron chi connectivity index (χ4n) is 2.09. The number of alkyl halides is 3. The standard InChI is InChI=1S/C16H15F4NO3/c1-2-23-15(22)13(21)8-10-4-6-14(24-10)9-3-5-12(17)11(7-9)16(18,19)20/h3-7,13H,2,8,21H2,1H3. The summed E-state index contributed by atoms with van der Waals surface area (Å²) in [7, 11) is 0. The predicted molar refractivity (Wildman–Crippen MR) is 77.4 cm³/mol. The van der Waals surface area contributed by atoms with Crippen LogP contribution in [0.5, 0.6) is 0 Å². The molecular weight excluding hydrogens is 330 g/mol. The molecule has 0 aliphatic rings. The van der Waals surface area contributed by atoms with E-state index in [1.165, 1.54) is 18.2 Å². The minimum atomic E-state index is -4.80. The Bertz CT molecular complexity index is 724. The van der Waals surface area contributed by atoms with Crippen LogP contribution >= 0.6 is 0 Å². The second-order valence-corrected chi connectivity index (χ2v) is 5.02. The molecule has 8 heteroatoms. The average Bonchev–Trinajstić information content (AvgIpc) is 2.95. The third kappa shape index (κ3) is 4.14. The number of halogens is 4. The van der Waals surface area contributed by atoms with Crippen LogP contribution in [-0.4, -0.2) is 18.6 Å². The number of hydrogen-bond acceptors (Lipinski definition) is 4. The van der Waals surface area contributed by atoms with Crippen LogP contribution in [0.1, 0.15) is 18.2 Å². The molecule has 2 rings (SSSR count). The van der Waals surface area contributed by atoms with Gasteiger partial charge in [0.05, 0.1) is 12.2 Å². The van der Waals surface area contributed by atoms with Gasteiger partial charge in [0.25, 0.3) is 0 Å². The number of carbonyl (C=O) groups is 1. The van der Waals surface area contributed by atoms with E-state index in [1.54, 1.807) is 6.92 Å². The van der Waals surface area contributed by atoms with Crippen LogP contribution < -0.4 is 5.73 Å². The Hall–Kier alpha value is -2.35. The molecule has 4 nitrogen and oxygen atoms in total. The minimum Gasteiger partial charge on any atom is -0.465 e. The monoisotopic (exact) mass is 345 g/mol. The molecule has 0 bridgehead atoms. The van der Waals surface area contributed by atoms with E-state index in [-0.39, 0.29) is 24.4 Å². The van der Waals surface area contributed by atoms with Gasteiger partial charge in [-0.2, -0.15) is 13.2 Å². The first kappa shape index (κ1) is 18.0. The lowest BCUT2D eigenvalue weighted by molar-refractivity contribution is -0.144. The molecule has 0 amide bonds. The summed E-state index contributed by atoms with van der Waals surface area (Å²) in [6.07, 6.45) is -4.77. The predicted octanol–water partition coefficient (Wildman–Crippen LogP) is 3.54. The molecule has 0 radical (unpaired) electrons. The number of benzene rings is 1. The van der Waals surface area contributed by atoms with Crippen molar-refractivity contribution in [3.63, 3.8) is 0 Å². The van der Waals surface area contributed by atoms with Crippen molar-refractivity contribution in [1.82, 2.24) is 0 Å². The Balaban J connectivity index is 2.21. The van der Waals surface area contributed by atoms with Crippen molar-refractivity contribution in [1.29, 1.82) is 0 Å². The van der Waals surface area contributed by atoms with E-state index >= 15 is 0 Å². The van der Waals surface area contributed by atoms with E-state index in [0.29, 0.717) is 11.8 Å². The van der Waals surface area contributed by atoms with Crippen LogP contribution in [0.3, 0.4) is 0 Å². The summed E-state index contributed by atoms with van der Waals surface area (Å²) in [5.74, 6) is -1.53. The quantitative estimate of drug-likeness (QED) is 0.665. The SMILES string of the molecule is CCOC(=O)C(N)Cc1ccc(-c2ccc(F)c(C(F)(F)F)c2)o1. The molecular formula is C16H15F4NO3. The highest BCUT2D eigenvalue weighted by atomic mass is 19.4. The lowest BCUT2D eigenvalue weighted by Crippen LogP contribution is -2.34. The van der Waals surface area contributed by atoms with Gasteiger partial charge in [-0.1, -0.05) is 0 Å². The molecule has 0 fully saturated rings. The maximum absolute atomic E-state index is 13.3. The van der Waals surface area contributed by atoms with Crippen LogP contribution in [0.15, 0.2) is 34.7 Å². The van der Waals surface area contributed by atoms with Gasteiger partial charge >= 0.3 is 12.1 Å². The van der Waals surface area contributed by atoms with Gasteiger partial charge in [0, 0.05) is 12.0 Å². The largest absolute Gasteiger partial charge is 0.465 e. The van der Waals surface area contributed by atoms with E-state index < -0.39 is 29.6 Å². The van der Waals surface area contributed by atoms with E-state index in [9.17, 15) is 22.4 Å². The third-order valence-corrected chi connectivity index (χ3v) is 3.23.